The second-order valence-electron chi connectivity index (χ2n) is 7.49. The highest BCUT2D eigenvalue weighted by molar-refractivity contribution is 5.80. The van der Waals surface area contributed by atoms with E-state index in [0.29, 0.717) is 13.2 Å². The van der Waals surface area contributed by atoms with Crippen molar-refractivity contribution in [2.24, 2.45) is 18.9 Å². The first-order valence-electron chi connectivity index (χ1n) is 9.18. The van der Waals surface area contributed by atoms with Crippen LogP contribution in [0.5, 0.6) is 0 Å². The number of amides is 1. The van der Waals surface area contributed by atoms with Crippen LogP contribution in [0.3, 0.4) is 0 Å². The third-order valence-electron chi connectivity index (χ3n) is 5.49. The van der Waals surface area contributed by atoms with Crippen LogP contribution in [0.25, 0.3) is 0 Å². The quantitative estimate of drug-likeness (QED) is 0.789. The van der Waals surface area contributed by atoms with E-state index in [2.05, 4.69) is 10.00 Å². The van der Waals surface area contributed by atoms with Crippen LogP contribution >= 0.6 is 0 Å². The first-order valence-corrected chi connectivity index (χ1v) is 9.18. The molecule has 1 aliphatic carbocycles. The number of aromatic nitrogens is 2. The largest absolute Gasteiger partial charge is 0.381 e. The summed E-state index contributed by atoms with van der Waals surface area (Å²) in [6, 6.07) is 0.126. The number of carbonyl (C=O) groups excluding carboxylic acids is 1. The topological polar surface area (TPSA) is 56.6 Å². The van der Waals surface area contributed by atoms with E-state index < -0.39 is 0 Å². The van der Waals surface area contributed by atoms with Crippen LogP contribution in [0.2, 0.25) is 0 Å². The van der Waals surface area contributed by atoms with Crippen LogP contribution in [0.4, 0.5) is 0 Å². The minimum atomic E-state index is 0.0311. The second kappa shape index (κ2) is 6.84. The van der Waals surface area contributed by atoms with Gasteiger partial charge in [0.15, 0.2) is 0 Å². The smallest absolute Gasteiger partial charge is 0.228 e. The highest BCUT2D eigenvalue weighted by Gasteiger charge is 2.41. The molecule has 4 rings (SSSR count). The third kappa shape index (κ3) is 3.49. The molecule has 0 N–H and O–H groups in total. The molecule has 2 saturated heterocycles. The Balaban J connectivity index is 1.46. The molecule has 1 aromatic rings. The van der Waals surface area contributed by atoms with Crippen LogP contribution in [-0.2, 0) is 27.7 Å². The minimum Gasteiger partial charge on any atom is -0.381 e. The van der Waals surface area contributed by atoms with Crippen LogP contribution in [0.15, 0.2) is 12.4 Å². The maximum atomic E-state index is 12.9. The lowest BCUT2D eigenvalue weighted by Crippen LogP contribution is -2.44. The number of aryl methyl sites for hydroxylation is 1. The van der Waals surface area contributed by atoms with Gasteiger partial charge in [-0.05, 0) is 43.6 Å². The van der Waals surface area contributed by atoms with Gasteiger partial charge in [-0.2, -0.15) is 5.10 Å². The van der Waals surface area contributed by atoms with Crippen molar-refractivity contribution in [2.45, 2.75) is 44.2 Å². The molecule has 6 nitrogen and oxygen atoms in total. The molecule has 1 aromatic heterocycles. The molecule has 3 fully saturated rings. The zero-order valence-electron chi connectivity index (χ0n) is 14.4. The average Bonchev–Trinajstić information content (AvgIpc) is 2.98. The summed E-state index contributed by atoms with van der Waals surface area (Å²) in [5.41, 5.74) is 1.17. The van der Waals surface area contributed by atoms with Crippen molar-refractivity contribution >= 4 is 5.91 Å². The fourth-order valence-corrected chi connectivity index (χ4v) is 3.86. The summed E-state index contributed by atoms with van der Waals surface area (Å²) >= 11 is 0. The zero-order chi connectivity index (χ0) is 16.5. The molecule has 132 valence electrons. The Labute approximate surface area is 143 Å². The molecule has 0 aromatic carbocycles. The zero-order valence-corrected chi connectivity index (χ0v) is 14.4. The van der Waals surface area contributed by atoms with Crippen LogP contribution in [0, 0.1) is 11.8 Å². The fourth-order valence-electron chi connectivity index (χ4n) is 3.86. The Hall–Kier alpha value is -1.40. The van der Waals surface area contributed by atoms with Gasteiger partial charge in [0.2, 0.25) is 5.91 Å². The summed E-state index contributed by atoms with van der Waals surface area (Å²) in [5.74, 6) is 1.03. The monoisotopic (exact) mass is 333 g/mol. The molecule has 6 heteroatoms. The number of nitrogens with zero attached hydrogens (tertiary/aromatic N) is 3. The lowest BCUT2D eigenvalue weighted by atomic mass is 10.0. The molecule has 1 amide bonds. The summed E-state index contributed by atoms with van der Waals surface area (Å²) < 4.78 is 13.4. The Morgan fingerprint density at radius 3 is 2.92 bits per heavy atom. The minimum absolute atomic E-state index is 0.0311. The summed E-state index contributed by atoms with van der Waals surface area (Å²) in [6.07, 6.45) is 9.29. The normalized spacial score (nSPS) is 30.2. The van der Waals surface area contributed by atoms with Gasteiger partial charge in [0.25, 0.3) is 0 Å². The predicted octanol–water partition coefficient (Wildman–Crippen LogP) is 1.40. The first kappa shape index (κ1) is 16.1. The molecule has 3 heterocycles. The Kier molecular flexibility index (Phi) is 4.59. The summed E-state index contributed by atoms with van der Waals surface area (Å²) in [6.45, 7) is 2.93. The molecule has 0 radical (unpaired) electrons. The number of likely N-dealkylation sites (tertiary alicyclic amines) is 1. The van der Waals surface area contributed by atoms with Crippen molar-refractivity contribution in [2.75, 3.05) is 26.4 Å². The Bertz CT molecular complexity index is 578. The van der Waals surface area contributed by atoms with Crippen molar-refractivity contribution in [3.8, 4) is 0 Å². The molecule has 0 bridgehead atoms. The van der Waals surface area contributed by atoms with Gasteiger partial charge >= 0.3 is 0 Å². The number of rotatable bonds is 6. The maximum absolute atomic E-state index is 12.9. The van der Waals surface area contributed by atoms with Crippen LogP contribution in [-0.4, -0.2) is 59.1 Å². The number of hydrogen-bond acceptors (Lipinski definition) is 4. The van der Waals surface area contributed by atoms with Gasteiger partial charge in [-0.3, -0.25) is 9.48 Å². The van der Waals surface area contributed by atoms with Crippen molar-refractivity contribution in [3.05, 3.63) is 18.0 Å². The average molecular weight is 333 g/mol. The van der Waals surface area contributed by atoms with Crippen molar-refractivity contribution in [1.82, 2.24) is 14.7 Å². The SMILES string of the molecule is Cn1cc(C[C@H]2[C@H](OCC3CC3)CCN2C(=O)C2CCOC2)cn1. The number of carbonyl (C=O) groups is 1. The van der Waals surface area contributed by atoms with Crippen molar-refractivity contribution in [1.29, 1.82) is 0 Å². The second-order valence-corrected chi connectivity index (χ2v) is 7.49. The van der Waals surface area contributed by atoms with E-state index in [-0.39, 0.29) is 24.0 Å². The molecule has 3 aliphatic rings. The van der Waals surface area contributed by atoms with E-state index in [1.807, 2.05) is 24.1 Å². The van der Waals surface area contributed by atoms with Gasteiger partial charge in [-0.25, -0.2) is 0 Å². The summed E-state index contributed by atoms with van der Waals surface area (Å²) in [5, 5.41) is 4.27. The Morgan fingerprint density at radius 2 is 2.25 bits per heavy atom. The van der Waals surface area contributed by atoms with E-state index in [1.54, 1.807) is 0 Å². The van der Waals surface area contributed by atoms with Gasteiger partial charge in [-0.15, -0.1) is 0 Å². The molecule has 1 unspecified atom stereocenters. The van der Waals surface area contributed by atoms with Gasteiger partial charge in [-0.1, -0.05) is 0 Å². The standard InChI is InChI=1S/C18H27N3O3/c1-20-10-14(9-19-20)8-16-17(24-11-13-2-3-13)4-6-21(16)18(22)15-5-7-23-12-15/h9-10,13,15-17H,2-8,11-12H2,1H3/t15?,16-,17+/m0/s1. The summed E-state index contributed by atoms with van der Waals surface area (Å²) in [7, 11) is 1.93. The van der Waals surface area contributed by atoms with Crippen molar-refractivity contribution < 1.29 is 14.3 Å². The van der Waals surface area contributed by atoms with E-state index >= 15 is 0 Å². The highest BCUT2D eigenvalue weighted by Crippen LogP contribution is 2.32. The maximum Gasteiger partial charge on any atom is 0.228 e. The fraction of sp³-hybridized carbons (Fsp3) is 0.778. The van der Waals surface area contributed by atoms with E-state index in [0.717, 1.165) is 38.3 Å². The van der Waals surface area contributed by atoms with Crippen LogP contribution in [0.1, 0.15) is 31.2 Å². The van der Waals surface area contributed by atoms with Gasteiger partial charge < -0.3 is 14.4 Å². The first-order chi connectivity index (χ1) is 11.7. The van der Waals surface area contributed by atoms with Crippen LogP contribution < -0.4 is 0 Å². The number of ether oxygens (including phenoxy) is 2. The molecular formula is C18H27N3O3. The van der Waals surface area contributed by atoms with Gasteiger partial charge in [0.1, 0.15) is 0 Å². The van der Waals surface area contributed by atoms with E-state index in [9.17, 15) is 4.79 Å². The third-order valence-corrected chi connectivity index (χ3v) is 5.49. The van der Waals surface area contributed by atoms with E-state index in [1.165, 1.54) is 18.4 Å². The predicted molar refractivity (Wildman–Crippen MR) is 88.4 cm³/mol. The number of hydrogen-bond donors (Lipinski definition) is 0. The molecule has 24 heavy (non-hydrogen) atoms. The van der Waals surface area contributed by atoms with Gasteiger partial charge in [0.05, 0.1) is 30.9 Å². The van der Waals surface area contributed by atoms with Gasteiger partial charge in [0, 0.05) is 33.0 Å². The lowest BCUT2D eigenvalue weighted by molar-refractivity contribution is -0.137. The summed E-state index contributed by atoms with van der Waals surface area (Å²) in [4.78, 5) is 15.0. The molecule has 3 atom stereocenters. The van der Waals surface area contributed by atoms with E-state index in [4.69, 9.17) is 9.47 Å². The molecular weight excluding hydrogens is 306 g/mol. The molecule has 1 saturated carbocycles. The highest BCUT2D eigenvalue weighted by atomic mass is 16.5. The Morgan fingerprint density at radius 1 is 1.38 bits per heavy atom. The van der Waals surface area contributed by atoms with Crippen molar-refractivity contribution in [3.63, 3.8) is 0 Å². The molecule has 0 spiro atoms. The lowest BCUT2D eigenvalue weighted by Gasteiger charge is -2.29. The molecule has 2 aliphatic heterocycles.